The third kappa shape index (κ3) is 1.22. The van der Waals surface area contributed by atoms with Crippen LogP contribution < -0.4 is 0 Å². The summed E-state index contributed by atoms with van der Waals surface area (Å²) >= 11 is 0. The molecule has 0 saturated carbocycles. The van der Waals surface area contributed by atoms with Gasteiger partial charge >= 0.3 is 6.99 Å². The molecule has 0 unspecified atom stereocenters. The fourth-order valence-corrected chi connectivity index (χ4v) is 0.691. The third-order valence-corrected chi connectivity index (χ3v) is 1.20. The number of halogens is 1. The van der Waals surface area contributed by atoms with Gasteiger partial charge in [-0.2, -0.15) is 0 Å². The minimum Gasteiger partial charge on any atom is -0.324 e. The first-order chi connectivity index (χ1) is 3.79. The summed E-state index contributed by atoms with van der Waals surface area (Å²) in [7, 11) is 0. The number of hydrogen-bond acceptors (Lipinski definition) is 0. The molecule has 2 heteroatoms. The molecule has 0 saturated heterocycles. The molecule has 8 heavy (non-hydrogen) atoms. The van der Waals surface area contributed by atoms with E-state index in [1.807, 2.05) is 19.1 Å². The van der Waals surface area contributed by atoms with Crippen LogP contribution in [0.1, 0.15) is 6.92 Å². The van der Waals surface area contributed by atoms with Crippen LogP contribution in [0.25, 0.3) is 0 Å². The van der Waals surface area contributed by atoms with E-state index in [1.165, 1.54) is 0 Å². The zero-order chi connectivity index (χ0) is 5.98. The average Bonchev–Trinajstić information content (AvgIpc) is 1.77. The summed E-state index contributed by atoms with van der Waals surface area (Å²) in [6.45, 7) is 1.19. The zero-order valence-electron chi connectivity index (χ0n) is 4.84. The molecule has 0 aliphatic carbocycles. The lowest BCUT2D eigenvalue weighted by Crippen LogP contribution is -2.02. The summed E-state index contributed by atoms with van der Waals surface area (Å²) in [5.41, 5.74) is 0. The summed E-state index contributed by atoms with van der Waals surface area (Å²) in [5, 5.41) is 0. The number of hydrogen-bond donors (Lipinski definition) is 0. The fourth-order valence-electron chi connectivity index (χ4n) is 0.691. The highest BCUT2D eigenvalue weighted by Gasteiger charge is 2.07. The van der Waals surface area contributed by atoms with Crippen LogP contribution >= 0.6 is 0 Å². The van der Waals surface area contributed by atoms with E-state index < -0.39 is 6.99 Å². The van der Waals surface area contributed by atoms with E-state index in [4.69, 9.17) is 0 Å². The predicted molar refractivity (Wildman–Crippen MR) is 34.3 cm³/mol. The molecule has 0 nitrogen and oxygen atoms in total. The topological polar surface area (TPSA) is 0 Å². The molecule has 0 bridgehead atoms. The van der Waals surface area contributed by atoms with Crippen molar-refractivity contribution in [1.29, 1.82) is 0 Å². The van der Waals surface area contributed by atoms with Crippen LogP contribution in [0.5, 0.6) is 0 Å². The van der Waals surface area contributed by atoms with Gasteiger partial charge in [0.1, 0.15) is 0 Å². The quantitative estimate of drug-likeness (QED) is 0.417. The van der Waals surface area contributed by atoms with Gasteiger partial charge in [0.15, 0.2) is 0 Å². The summed E-state index contributed by atoms with van der Waals surface area (Å²) in [6.07, 6.45) is 3.73. The number of rotatable bonds is 0. The standard InChI is InChI=1S/C6H8BF/c1-6-2-4-7(8)5-3-6/h2-6H,1H3. The maximum atomic E-state index is 12.2. The van der Waals surface area contributed by atoms with Crippen LogP contribution in [-0.4, -0.2) is 6.99 Å². The van der Waals surface area contributed by atoms with Crippen molar-refractivity contribution in [3.05, 3.63) is 24.1 Å². The van der Waals surface area contributed by atoms with Gasteiger partial charge in [-0.1, -0.05) is 31.0 Å². The Labute approximate surface area is 49.2 Å². The van der Waals surface area contributed by atoms with Crippen molar-refractivity contribution in [3.8, 4) is 0 Å². The van der Waals surface area contributed by atoms with Crippen molar-refractivity contribution >= 4 is 6.99 Å². The molecule has 0 aromatic carbocycles. The van der Waals surface area contributed by atoms with E-state index in [1.54, 1.807) is 12.0 Å². The minimum atomic E-state index is -0.841. The van der Waals surface area contributed by atoms with Crippen LogP contribution in [0.4, 0.5) is 4.32 Å². The largest absolute Gasteiger partial charge is 0.398 e. The highest BCUT2D eigenvalue weighted by atomic mass is 19.1. The molecule has 42 valence electrons. The Kier molecular flexibility index (Phi) is 1.52. The SMILES string of the molecule is CC1C=CB(F)C=C1. The Morgan fingerprint density at radius 1 is 1.38 bits per heavy atom. The Bertz CT molecular complexity index is 100. The lowest BCUT2D eigenvalue weighted by Gasteiger charge is -2.02. The molecule has 0 N–H and O–H groups in total. The second-order valence-electron chi connectivity index (χ2n) is 2.07. The molecule has 0 spiro atoms. The third-order valence-electron chi connectivity index (χ3n) is 1.20. The normalized spacial score (nSPS) is 20.0. The van der Waals surface area contributed by atoms with Gasteiger partial charge in [0.05, 0.1) is 0 Å². The Hall–Kier alpha value is -0.525. The van der Waals surface area contributed by atoms with Crippen LogP contribution in [-0.2, 0) is 0 Å². The minimum absolute atomic E-state index is 0.419. The van der Waals surface area contributed by atoms with Gasteiger partial charge in [-0.05, 0) is 5.92 Å². The van der Waals surface area contributed by atoms with Gasteiger partial charge in [0.25, 0.3) is 0 Å². The molecular formula is C6H8BF. The molecule has 0 amide bonds. The molecule has 0 aromatic rings. The van der Waals surface area contributed by atoms with Gasteiger partial charge in [-0.25, -0.2) is 0 Å². The summed E-state index contributed by atoms with van der Waals surface area (Å²) in [6, 6.07) is 0. The second kappa shape index (κ2) is 2.16. The van der Waals surface area contributed by atoms with E-state index in [9.17, 15) is 4.32 Å². The lowest BCUT2D eigenvalue weighted by atomic mass is 9.68. The summed E-state index contributed by atoms with van der Waals surface area (Å²) in [5.74, 6) is 3.57. The zero-order valence-corrected chi connectivity index (χ0v) is 4.84. The lowest BCUT2D eigenvalue weighted by molar-refractivity contribution is 0.848. The van der Waals surface area contributed by atoms with E-state index in [0.717, 1.165) is 0 Å². The molecular weight excluding hydrogens is 102 g/mol. The summed E-state index contributed by atoms with van der Waals surface area (Å²) < 4.78 is 12.2. The van der Waals surface area contributed by atoms with Crippen molar-refractivity contribution in [3.63, 3.8) is 0 Å². The van der Waals surface area contributed by atoms with Crippen molar-refractivity contribution in [1.82, 2.24) is 0 Å². The first-order valence-electron chi connectivity index (χ1n) is 2.80. The van der Waals surface area contributed by atoms with Gasteiger partial charge in [-0.15, -0.1) is 0 Å². The first kappa shape index (κ1) is 5.61. The van der Waals surface area contributed by atoms with Crippen molar-refractivity contribution < 1.29 is 4.32 Å². The Morgan fingerprint density at radius 2 is 1.88 bits per heavy atom. The molecule has 0 atom stereocenters. The van der Waals surface area contributed by atoms with Crippen molar-refractivity contribution in [2.45, 2.75) is 6.92 Å². The van der Waals surface area contributed by atoms with Crippen LogP contribution in [0.3, 0.4) is 0 Å². The van der Waals surface area contributed by atoms with Gasteiger partial charge in [-0.3, -0.25) is 0 Å². The predicted octanol–water partition coefficient (Wildman–Crippen LogP) is 1.79. The fraction of sp³-hybridized carbons (Fsp3) is 0.333. The Morgan fingerprint density at radius 3 is 2.25 bits per heavy atom. The first-order valence-corrected chi connectivity index (χ1v) is 2.80. The Balaban J connectivity index is 2.54. The van der Waals surface area contributed by atoms with Crippen molar-refractivity contribution in [2.24, 2.45) is 5.92 Å². The maximum absolute atomic E-state index is 12.2. The maximum Gasteiger partial charge on any atom is 0.398 e. The van der Waals surface area contributed by atoms with Crippen LogP contribution in [0.2, 0.25) is 0 Å². The smallest absolute Gasteiger partial charge is 0.324 e. The van der Waals surface area contributed by atoms with E-state index in [0.29, 0.717) is 5.92 Å². The highest BCUT2D eigenvalue weighted by molar-refractivity contribution is 6.62. The van der Waals surface area contributed by atoms with Gasteiger partial charge in [0, 0.05) is 0 Å². The molecule has 0 aromatic heterocycles. The molecule has 1 aliphatic rings. The monoisotopic (exact) mass is 110 g/mol. The van der Waals surface area contributed by atoms with E-state index in [2.05, 4.69) is 0 Å². The average molecular weight is 110 g/mol. The van der Waals surface area contributed by atoms with Crippen LogP contribution in [0.15, 0.2) is 24.1 Å². The second-order valence-corrected chi connectivity index (χ2v) is 2.07. The number of allylic oxidation sites excluding steroid dienone is 2. The van der Waals surface area contributed by atoms with E-state index >= 15 is 0 Å². The highest BCUT2D eigenvalue weighted by Crippen LogP contribution is 2.07. The van der Waals surface area contributed by atoms with Gasteiger partial charge in [0.2, 0.25) is 0 Å². The molecule has 0 radical (unpaired) electrons. The van der Waals surface area contributed by atoms with Crippen molar-refractivity contribution in [2.75, 3.05) is 0 Å². The molecule has 1 aliphatic heterocycles. The molecule has 0 fully saturated rings. The van der Waals surface area contributed by atoms with E-state index in [-0.39, 0.29) is 0 Å². The molecule has 1 heterocycles. The van der Waals surface area contributed by atoms with Crippen LogP contribution in [0, 0.1) is 5.92 Å². The molecule has 1 rings (SSSR count). The summed E-state index contributed by atoms with van der Waals surface area (Å²) in [4.78, 5) is 0. The van der Waals surface area contributed by atoms with Gasteiger partial charge < -0.3 is 4.32 Å².